The van der Waals surface area contributed by atoms with E-state index >= 15 is 0 Å². The Morgan fingerprint density at radius 2 is 2.16 bits per heavy atom. The highest BCUT2D eigenvalue weighted by molar-refractivity contribution is 6.05. The van der Waals surface area contributed by atoms with Crippen LogP contribution in [0.3, 0.4) is 0 Å². The van der Waals surface area contributed by atoms with Gasteiger partial charge in [0.1, 0.15) is 0 Å². The number of amides is 2. The maximum Gasteiger partial charge on any atom is 0.242 e. The van der Waals surface area contributed by atoms with Crippen LogP contribution in [0.4, 0.5) is 11.4 Å². The second-order valence-corrected chi connectivity index (χ2v) is 4.45. The standard InChI is InChI=1S/C13H16N4O2/c1-8(18)15-12-4-3-9(7-10(12)14)11-5-6-13(19)17(2)16-11/h3-4,7H,5-6,14H2,1-2H3,(H,15,18). The Hall–Kier alpha value is -2.37. The summed E-state index contributed by atoms with van der Waals surface area (Å²) in [7, 11) is 1.64. The predicted molar refractivity (Wildman–Crippen MR) is 73.7 cm³/mol. The van der Waals surface area contributed by atoms with Crippen LogP contribution in [-0.2, 0) is 9.59 Å². The molecule has 100 valence electrons. The van der Waals surface area contributed by atoms with Crippen molar-refractivity contribution < 1.29 is 9.59 Å². The fourth-order valence-corrected chi connectivity index (χ4v) is 1.92. The highest BCUT2D eigenvalue weighted by Gasteiger charge is 2.18. The molecule has 19 heavy (non-hydrogen) atoms. The number of carbonyl (C=O) groups is 2. The van der Waals surface area contributed by atoms with Gasteiger partial charge >= 0.3 is 0 Å². The van der Waals surface area contributed by atoms with Gasteiger partial charge in [-0.15, -0.1) is 0 Å². The van der Waals surface area contributed by atoms with Crippen LogP contribution >= 0.6 is 0 Å². The van der Waals surface area contributed by atoms with E-state index in [9.17, 15) is 9.59 Å². The number of benzene rings is 1. The fraction of sp³-hybridized carbons (Fsp3) is 0.308. The van der Waals surface area contributed by atoms with E-state index < -0.39 is 0 Å². The topological polar surface area (TPSA) is 87.8 Å². The predicted octanol–water partition coefficient (Wildman–Crippen LogP) is 1.18. The van der Waals surface area contributed by atoms with Gasteiger partial charge in [-0.05, 0) is 17.7 Å². The van der Waals surface area contributed by atoms with Crippen molar-refractivity contribution in [3.8, 4) is 0 Å². The van der Waals surface area contributed by atoms with Gasteiger partial charge in [0.05, 0.1) is 17.1 Å². The molecular formula is C13H16N4O2. The second kappa shape index (κ2) is 5.09. The highest BCUT2D eigenvalue weighted by Crippen LogP contribution is 2.22. The Morgan fingerprint density at radius 3 is 2.74 bits per heavy atom. The molecule has 2 amide bonds. The first kappa shape index (κ1) is 13.1. The van der Waals surface area contributed by atoms with Gasteiger partial charge in [-0.1, -0.05) is 6.07 Å². The lowest BCUT2D eigenvalue weighted by Crippen LogP contribution is -2.28. The first-order valence-electron chi connectivity index (χ1n) is 5.99. The number of nitrogens with two attached hydrogens (primary N) is 1. The summed E-state index contributed by atoms with van der Waals surface area (Å²) in [5.74, 6) is -0.161. The lowest BCUT2D eigenvalue weighted by atomic mass is 10.0. The van der Waals surface area contributed by atoms with E-state index in [1.807, 2.05) is 6.07 Å². The molecule has 0 unspecified atom stereocenters. The normalized spacial score (nSPS) is 15.2. The number of anilines is 2. The van der Waals surface area contributed by atoms with E-state index in [1.165, 1.54) is 11.9 Å². The summed E-state index contributed by atoms with van der Waals surface area (Å²) in [4.78, 5) is 22.4. The molecule has 0 radical (unpaired) electrons. The summed E-state index contributed by atoms with van der Waals surface area (Å²) in [6, 6.07) is 5.34. The van der Waals surface area contributed by atoms with E-state index in [0.29, 0.717) is 24.2 Å². The van der Waals surface area contributed by atoms with Gasteiger partial charge in [-0.25, -0.2) is 5.01 Å². The second-order valence-electron chi connectivity index (χ2n) is 4.45. The Labute approximate surface area is 111 Å². The molecule has 1 aromatic carbocycles. The molecule has 0 aromatic heterocycles. The zero-order chi connectivity index (χ0) is 14.0. The monoisotopic (exact) mass is 260 g/mol. The smallest absolute Gasteiger partial charge is 0.242 e. The number of hydrazone groups is 1. The number of hydrogen-bond acceptors (Lipinski definition) is 4. The maximum atomic E-state index is 11.4. The first-order valence-corrected chi connectivity index (χ1v) is 5.99. The minimum Gasteiger partial charge on any atom is -0.397 e. The van der Waals surface area contributed by atoms with E-state index in [-0.39, 0.29) is 11.8 Å². The molecule has 0 saturated heterocycles. The Bertz CT molecular complexity index is 566. The van der Waals surface area contributed by atoms with Crippen molar-refractivity contribution >= 4 is 28.9 Å². The minimum absolute atomic E-state index is 0.00610. The molecule has 3 N–H and O–H groups in total. The molecule has 1 aromatic rings. The molecule has 1 heterocycles. The van der Waals surface area contributed by atoms with E-state index in [0.717, 1.165) is 11.3 Å². The summed E-state index contributed by atoms with van der Waals surface area (Å²) >= 11 is 0. The van der Waals surface area contributed by atoms with Gasteiger partial charge in [0.2, 0.25) is 11.8 Å². The lowest BCUT2D eigenvalue weighted by Gasteiger charge is -2.20. The summed E-state index contributed by atoms with van der Waals surface area (Å²) < 4.78 is 0. The molecule has 1 aliphatic heterocycles. The molecule has 0 atom stereocenters. The van der Waals surface area contributed by atoms with Crippen molar-refractivity contribution in [1.29, 1.82) is 0 Å². The Kier molecular flexibility index (Phi) is 3.50. The molecule has 6 nitrogen and oxygen atoms in total. The molecule has 2 rings (SSSR count). The van der Waals surface area contributed by atoms with Crippen molar-refractivity contribution in [2.45, 2.75) is 19.8 Å². The number of nitrogens with zero attached hydrogens (tertiary/aromatic N) is 2. The van der Waals surface area contributed by atoms with Crippen molar-refractivity contribution in [1.82, 2.24) is 5.01 Å². The highest BCUT2D eigenvalue weighted by atomic mass is 16.2. The summed E-state index contributed by atoms with van der Waals surface area (Å²) in [5, 5.41) is 8.22. The maximum absolute atomic E-state index is 11.4. The minimum atomic E-state index is -0.167. The largest absolute Gasteiger partial charge is 0.397 e. The van der Waals surface area contributed by atoms with Crippen LogP contribution in [-0.4, -0.2) is 29.6 Å². The van der Waals surface area contributed by atoms with Gasteiger partial charge < -0.3 is 11.1 Å². The van der Waals surface area contributed by atoms with Crippen molar-refractivity contribution in [2.24, 2.45) is 5.10 Å². The van der Waals surface area contributed by atoms with Crippen LogP contribution in [0.15, 0.2) is 23.3 Å². The van der Waals surface area contributed by atoms with Crippen LogP contribution < -0.4 is 11.1 Å². The third kappa shape index (κ3) is 2.90. The number of rotatable bonds is 2. The number of hydrogen-bond donors (Lipinski definition) is 2. The Morgan fingerprint density at radius 1 is 1.42 bits per heavy atom. The third-order valence-electron chi connectivity index (χ3n) is 2.90. The lowest BCUT2D eigenvalue weighted by molar-refractivity contribution is -0.130. The zero-order valence-corrected chi connectivity index (χ0v) is 10.9. The van der Waals surface area contributed by atoms with Crippen molar-refractivity contribution in [3.05, 3.63) is 23.8 Å². The fourth-order valence-electron chi connectivity index (χ4n) is 1.92. The van der Waals surface area contributed by atoms with Crippen molar-refractivity contribution in [3.63, 3.8) is 0 Å². The SMILES string of the molecule is CC(=O)Nc1ccc(C2=NN(C)C(=O)CC2)cc1N. The van der Waals surface area contributed by atoms with Gasteiger partial charge in [-0.3, -0.25) is 9.59 Å². The van der Waals surface area contributed by atoms with Crippen molar-refractivity contribution in [2.75, 3.05) is 18.1 Å². The van der Waals surface area contributed by atoms with Crippen LogP contribution in [0.5, 0.6) is 0 Å². The molecular weight excluding hydrogens is 244 g/mol. The zero-order valence-electron chi connectivity index (χ0n) is 10.9. The van der Waals surface area contributed by atoms with E-state index in [2.05, 4.69) is 10.4 Å². The molecule has 0 saturated carbocycles. The summed E-state index contributed by atoms with van der Waals surface area (Å²) in [6.07, 6.45) is 1.05. The quantitative estimate of drug-likeness (QED) is 0.783. The molecule has 6 heteroatoms. The van der Waals surface area contributed by atoms with E-state index in [1.54, 1.807) is 19.2 Å². The first-order chi connectivity index (χ1) is 8.97. The molecule has 0 spiro atoms. The average Bonchev–Trinajstić information content (AvgIpc) is 2.35. The van der Waals surface area contributed by atoms with Gasteiger partial charge in [0.25, 0.3) is 0 Å². The van der Waals surface area contributed by atoms with Crippen LogP contribution in [0, 0.1) is 0 Å². The number of nitrogen functional groups attached to an aromatic ring is 1. The van der Waals surface area contributed by atoms with E-state index in [4.69, 9.17) is 5.73 Å². The van der Waals surface area contributed by atoms with Crippen LogP contribution in [0.1, 0.15) is 25.3 Å². The third-order valence-corrected chi connectivity index (χ3v) is 2.90. The summed E-state index contributed by atoms with van der Waals surface area (Å²) in [5.41, 5.74) is 8.64. The van der Waals surface area contributed by atoms with Crippen LogP contribution in [0.25, 0.3) is 0 Å². The number of carbonyl (C=O) groups excluding carboxylic acids is 2. The number of nitrogens with one attached hydrogen (secondary N) is 1. The summed E-state index contributed by atoms with van der Waals surface area (Å²) in [6.45, 7) is 1.43. The molecule has 0 fully saturated rings. The Balaban J connectivity index is 2.27. The molecule has 1 aliphatic rings. The van der Waals surface area contributed by atoms with Gasteiger partial charge in [0, 0.05) is 26.8 Å². The van der Waals surface area contributed by atoms with Gasteiger partial charge in [0.15, 0.2) is 0 Å². The molecule has 0 bridgehead atoms. The van der Waals surface area contributed by atoms with Crippen LogP contribution in [0.2, 0.25) is 0 Å². The molecule has 0 aliphatic carbocycles. The average molecular weight is 260 g/mol. The van der Waals surface area contributed by atoms with Gasteiger partial charge in [-0.2, -0.15) is 5.10 Å².